The molecule has 0 saturated heterocycles. The Morgan fingerprint density at radius 3 is 2.81 bits per heavy atom. The summed E-state index contributed by atoms with van der Waals surface area (Å²) in [6, 6.07) is 14.7. The van der Waals surface area contributed by atoms with Crippen molar-refractivity contribution in [3.05, 3.63) is 54.4 Å². The molecular formula is C24H28N2O. The molecule has 6 rings (SSSR count). The normalized spacial score (nSPS) is 26.1. The van der Waals surface area contributed by atoms with E-state index in [1.54, 1.807) is 6.26 Å². The number of hydrogen-bond acceptors (Lipinski definition) is 3. The molecule has 140 valence electrons. The quantitative estimate of drug-likeness (QED) is 0.638. The molecule has 3 fully saturated rings. The molecule has 2 aromatic carbocycles. The highest BCUT2D eigenvalue weighted by molar-refractivity contribution is 5.94. The van der Waals surface area contributed by atoms with E-state index in [4.69, 9.17) is 9.40 Å². The maximum Gasteiger partial charge on any atom is 0.226 e. The summed E-state index contributed by atoms with van der Waals surface area (Å²) in [5.74, 6) is 3.39. The molecule has 2 bridgehead atoms. The van der Waals surface area contributed by atoms with Crippen LogP contribution in [-0.2, 0) is 6.54 Å². The zero-order valence-electron chi connectivity index (χ0n) is 16.2. The number of fused-ring (bicyclic) bond motifs is 3. The lowest BCUT2D eigenvalue weighted by Gasteiger charge is -2.60. The van der Waals surface area contributed by atoms with Crippen LogP contribution >= 0.6 is 0 Å². The molecule has 3 nitrogen and oxygen atoms in total. The highest BCUT2D eigenvalue weighted by Gasteiger charge is 2.53. The van der Waals surface area contributed by atoms with Gasteiger partial charge in [-0.05, 0) is 65.8 Å². The number of benzene rings is 2. The van der Waals surface area contributed by atoms with Crippen LogP contribution in [0.5, 0.6) is 0 Å². The van der Waals surface area contributed by atoms with Crippen LogP contribution in [0.25, 0.3) is 22.2 Å². The Labute approximate surface area is 161 Å². The van der Waals surface area contributed by atoms with Crippen molar-refractivity contribution in [1.82, 2.24) is 10.3 Å². The molecule has 3 saturated carbocycles. The Balaban J connectivity index is 1.25. The third-order valence-electron chi connectivity index (χ3n) is 7.29. The molecule has 0 spiro atoms. The zero-order valence-corrected chi connectivity index (χ0v) is 16.2. The Morgan fingerprint density at radius 1 is 1.11 bits per heavy atom. The van der Waals surface area contributed by atoms with Gasteiger partial charge < -0.3 is 9.73 Å². The highest BCUT2D eigenvalue weighted by Crippen LogP contribution is 2.61. The minimum Gasteiger partial charge on any atom is -0.444 e. The largest absolute Gasteiger partial charge is 0.444 e. The molecule has 0 radical (unpaired) electrons. The van der Waals surface area contributed by atoms with Gasteiger partial charge in [0.05, 0.1) is 5.69 Å². The topological polar surface area (TPSA) is 38.1 Å². The zero-order chi connectivity index (χ0) is 18.4. The van der Waals surface area contributed by atoms with E-state index in [1.165, 1.54) is 30.0 Å². The molecule has 3 heteroatoms. The lowest BCUT2D eigenvalue weighted by Crippen LogP contribution is -2.54. The fourth-order valence-corrected chi connectivity index (χ4v) is 5.52. The summed E-state index contributed by atoms with van der Waals surface area (Å²) in [5.41, 5.74) is 2.61. The number of rotatable bonds is 5. The summed E-state index contributed by atoms with van der Waals surface area (Å²) in [5, 5.41) is 6.04. The second-order valence-electron chi connectivity index (χ2n) is 9.00. The lowest BCUT2D eigenvalue weighted by atomic mass is 9.45. The van der Waals surface area contributed by atoms with Crippen LogP contribution in [0.1, 0.15) is 38.8 Å². The van der Waals surface area contributed by atoms with Crippen molar-refractivity contribution in [3.8, 4) is 11.5 Å². The van der Waals surface area contributed by atoms with E-state index < -0.39 is 0 Å². The summed E-state index contributed by atoms with van der Waals surface area (Å²) < 4.78 is 5.81. The third kappa shape index (κ3) is 2.89. The van der Waals surface area contributed by atoms with Crippen LogP contribution in [0.2, 0.25) is 0 Å². The van der Waals surface area contributed by atoms with Crippen LogP contribution in [0.4, 0.5) is 0 Å². The molecule has 0 aliphatic heterocycles. The minimum atomic E-state index is 0.556. The van der Waals surface area contributed by atoms with Crippen LogP contribution in [0.15, 0.2) is 53.1 Å². The third-order valence-corrected chi connectivity index (χ3v) is 7.29. The van der Waals surface area contributed by atoms with Gasteiger partial charge in [0, 0.05) is 12.1 Å². The number of nitrogens with zero attached hydrogens (tertiary/aromatic N) is 1. The molecule has 3 aliphatic carbocycles. The van der Waals surface area contributed by atoms with E-state index in [-0.39, 0.29) is 0 Å². The standard InChI is InChI=1S/C24H28N2O/c1-24(2)18-11-10-17(22(24)12-18)13-25-14-19-15-27-23(26-19)21-9-5-7-16-6-3-4-8-20(16)21/h3-9,15,17-18,22,25H,10-14H2,1-2H3/t17-,18-,22-/m0/s1. The van der Waals surface area contributed by atoms with Crippen molar-refractivity contribution in [1.29, 1.82) is 0 Å². The maximum absolute atomic E-state index is 5.81. The van der Waals surface area contributed by atoms with Gasteiger partial charge in [-0.15, -0.1) is 0 Å². The summed E-state index contributed by atoms with van der Waals surface area (Å²) in [6.45, 7) is 6.80. The second-order valence-corrected chi connectivity index (χ2v) is 9.00. The molecule has 1 aromatic heterocycles. The van der Waals surface area contributed by atoms with Gasteiger partial charge in [-0.25, -0.2) is 4.98 Å². The Bertz CT molecular complexity index is 950. The van der Waals surface area contributed by atoms with Crippen molar-refractivity contribution in [2.45, 2.75) is 39.7 Å². The smallest absolute Gasteiger partial charge is 0.226 e. The Hall–Kier alpha value is -2.13. The Kier molecular flexibility index (Phi) is 4.08. The fourth-order valence-electron chi connectivity index (χ4n) is 5.52. The van der Waals surface area contributed by atoms with E-state index in [0.717, 1.165) is 42.1 Å². The number of oxazole rings is 1. The van der Waals surface area contributed by atoms with E-state index in [9.17, 15) is 0 Å². The summed E-state index contributed by atoms with van der Waals surface area (Å²) >= 11 is 0. The fraction of sp³-hybridized carbons (Fsp3) is 0.458. The van der Waals surface area contributed by atoms with Crippen molar-refractivity contribution in [2.75, 3.05) is 6.54 Å². The molecule has 1 heterocycles. The van der Waals surface area contributed by atoms with Gasteiger partial charge in [0.1, 0.15) is 6.26 Å². The van der Waals surface area contributed by atoms with Crippen molar-refractivity contribution < 1.29 is 4.42 Å². The summed E-state index contributed by atoms with van der Waals surface area (Å²) in [4.78, 5) is 4.74. The minimum absolute atomic E-state index is 0.556. The predicted molar refractivity (Wildman–Crippen MR) is 109 cm³/mol. The van der Waals surface area contributed by atoms with Crippen molar-refractivity contribution in [3.63, 3.8) is 0 Å². The van der Waals surface area contributed by atoms with Crippen LogP contribution < -0.4 is 5.32 Å². The number of nitrogens with one attached hydrogen (secondary N) is 1. The number of hydrogen-bond donors (Lipinski definition) is 1. The molecule has 0 unspecified atom stereocenters. The average molecular weight is 361 g/mol. The van der Waals surface area contributed by atoms with E-state index in [2.05, 4.69) is 61.6 Å². The van der Waals surface area contributed by atoms with E-state index >= 15 is 0 Å². The van der Waals surface area contributed by atoms with Crippen LogP contribution in [0, 0.1) is 23.2 Å². The van der Waals surface area contributed by atoms with Gasteiger partial charge in [0.2, 0.25) is 5.89 Å². The van der Waals surface area contributed by atoms with Crippen LogP contribution in [-0.4, -0.2) is 11.5 Å². The highest BCUT2D eigenvalue weighted by atomic mass is 16.3. The summed E-state index contributed by atoms with van der Waals surface area (Å²) in [6.07, 6.45) is 6.03. The molecular weight excluding hydrogens is 332 g/mol. The first kappa shape index (κ1) is 17.0. The SMILES string of the molecule is CC1(C)[C@H]2CC[C@@H](CNCc3coc(-c4cccc5ccccc45)n3)[C@@H]1C2. The van der Waals surface area contributed by atoms with Crippen molar-refractivity contribution in [2.24, 2.45) is 23.2 Å². The first-order valence-electron chi connectivity index (χ1n) is 10.3. The van der Waals surface area contributed by atoms with E-state index in [1.807, 2.05) is 0 Å². The maximum atomic E-state index is 5.81. The van der Waals surface area contributed by atoms with Gasteiger partial charge >= 0.3 is 0 Å². The molecule has 27 heavy (non-hydrogen) atoms. The van der Waals surface area contributed by atoms with Gasteiger partial charge in [-0.1, -0.05) is 50.2 Å². The number of aromatic nitrogens is 1. The van der Waals surface area contributed by atoms with Crippen LogP contribution in [0.3, 0.4) is 0 Å². The summed E-state index contributed by atoms with van der Waals surface area (Å²) in [7, 11) is 0. The molecule has 3 atom stereocenters. The van der Waals surface area contributed by atoms with Gasteiger partial charge in [0.15, 0.2) is 0 Å². The molecule has 1 N–H and O–H groups in total. The van der Waals surface area contributed by atoms with Gasteiger partial charge in [0.25, 0.3) is 0 Å². The van der Waals surface area contributed by atoms with Gasteiger partial charge in [-0.3, -0.25) is 0 Å². The molecule has 0 amide bonds. The van der Waals surface area contributed by atoms with Gasteiger partial charge in [-0.2, -0.15) is 0 Å². The molecule has 3 aromatic rings. The predicted octanol–water partition coefficient (Wildman–Crippen LogP) is 5.66. The van der Waals surface area contributed by atoms with Crippen molar-refractivity contribution >= 4 is 10.8 Å². The average Bonchev–Trinajstić information content (AvgIpc) is 3.16. The monoisotopic (exact) mass is 360 g/mol. The lowest BCUT2D eigenvalue weighted by molar-refractivity contribution is -0.103. The molecule has 3 aliphatic rings. The second kappa shape index (κ2) is 6.49. The Morgan fingerprint density at radius 2 is 1.96 bits per heavy atom. The first-order valence-corrected chi connectivity index (χ1v) is 10.3. The first-order chi connectivity index (χ1) is 13.1. The van der Waals surface area contributed by atoms with E-state index in [0.29, 0.717) is 11.3 Å².